The lowest BCUT2D eigenvalue weighted by molar-refractivity contribution is -0.148. The van der Waals surface area contributed by atoms with Gasteiger partial charge in [0.2, 0.25) is 17.7 Å². The molecule has 1 rings (SSSR count). The van der Waals surface area contributed by atoms with E-state index in [1.54, 1.807) is 0 Å². The average molecular weight is 498 g/mol. The summed E-state index contributed by atoms with van der Waals surface area (Å²) in [5, 5.41) is 51.7. The van der Waals surface area contributed by atoms with Crippen LogP contribution in [0.2, 0.25) is 0 Å². The first-order chi connectivity index (χ1) is 16.3. The van der Waals surface area contributed by atoms with E-state index in [1.807, 2.05) is 5.32 Å². The molecule has 0 saturated heterocycles. The molecule has 0 radical (unpaired) electrons. The fourth-order valence-electron chi connectivity index (χ4n) is 2.74. The van der Waals surface area contributed by atoms with Crippen molar-refractivity contribution < 1.29 is 54.3 Å². The molecule has 1 aromatic rings. The van der Waals surface area contributed by atoms with Crippen molar-refractivity contribution in [2.24, 2.45) is 5.73 Å². The van der Waals surface area contributed by atoms with Gasteiger partial charge in [-0.25, -0.2) is 4.79 Å². The maximum Gasteiger partial charge on any atom is 0.326 e. The van der Waals surface area contributed by atoms with E-state index in [0.29, 0.717) is 5.56 Å². The van der Waals surface area contributed by atoms with E-state index in [9.17, 15) is 33.9 Å². The lowest BCUT2D eigenvalue weighted by atomic mass is 10.0. The number of hydrogen-bond donors (Lipinski definition) is 9. The SMILES string of the molecule is NC(CO)C(=O)NC(Cc1ccc(O)cc1)C(=O)NC(CC(=O)O)C(=O)NC(CC(=O)O)C(=O)O. The quantitative estimate of drug-likeness (QED) is 0.122. The van der Waals surface area contributed by atoms with Crippen LogP contribution in [0.3, 0.4) is 0 Å². The Hall–Kier alpha value is -4.24. The molecule has 35 heavy (non-hydrogen) atoms. The van der Waals surface area contributed by atoms with Gasteiger partial charge >= 0.3 is 17.9 Å². The minimum atomic E-state index is -1.90. The van der Waals surface area contributed by atoms with Crippen molar-refractivity contribution in [3.8, 4) is 5.75 Å². The highest BCUT2D eigenvalue weighted by Gasteiger charge is 2.32. The highest BCUT2D eigenvalue weighted by atomic mass is 16.4. The van der Waals surface area contributed by atoms with Crippen LogP contribution in [0.5, 0.6) is 5.75 Å². The predicted octanol–water partition coefficient (Wildman–Crippen LogP) is -3.26. The third-order valence-corrected chi connectivity index (χ3v) is 4.55. The van der Waals surface area contributed by atoms with E-state index in [4.69, 9.17) is 26.2 Å². The second-order valence-electron chi connectivity index (χ2n) is 7.38. The molecule has 0 aliphatic heterocycles. The molecule has 15 heteroatoms. The molecule has 0 bridgehead atoms. The Balaban J connectivity index is 3.13. The standard InChI is InChI=1S/C20H26N4O11/c21-11(8-25)17(31)22-12(5-9-1-3-10(26)4-2-9)18(32)23-13(6-15(27)28)19(33)24-14(20(34)35)7-16(29)30/h1-4,11-14,25-26H,5-8,21H2,(H,22,31)(H,23,32)(H,24,33)(H,27,28)(H,29,30)(H,34,35). The van der Waals surface area contributed by atoms with Crippen molar-refractivity contribution in [2.45, 2.75) is 43.4 Å². The molecule has 0 aliphatic carbocycles. The Labute approximate surface area is 197 Å². The van der Waals surface area contributed by atoms with Gasteiger partial charge in [-0.2, -0.15) is 0 Å². The average Bonchev–Trinajstić information content (AvgIpc) is 2.77. The predicted molar refractivity (Wildman–Crippen MR) is 115 cm³/mol. The fourth-order valence-corrected chi connectivity index (χ4v) is 2.74. The van der Waals surface area contributed by atoms with Crippen molar-refractivity contribution in [3.05, 3.63) is 29.8 Å². The minimum Gasteiger partial charge on any atom is -0.508 e. The second-order valence-corrected chi connectivity index (χ2v) is 7.38. The number of aromatic hydroxyl groups is 1. The molecule has 0 heterocycles. The number of carboxylic acid groups (broad SMARTS) is 3. The Morgan fingerprint density at radius 2 is 1.20 bits per heavy atom. The number of phenolic OH excluding ortho intramolecular Hbond substituents is 1. The first-order valence-corrected chi connectivity index (χ1v) is 10.1. The van der Waals surface area contributed by atoms with Gasteiger partial charge < -0.3 is 47.2 Å². The third kappa shape index (κ3) is 10.1. The number of carbonyl (C=O) groups is 6. The van der Waals surface area contributed by atoms with Crippen LogP contribution in [-0.2, 0) is 35.2 Å². The third-order valence-electron chi connectivity index (χ3n) is 4.55. The van der Waals surface area contributed by atoms with E-state index >= 15 is 0 Å². The number of aliphatic hydroxyl groups is 1. The van der Waals surface area contributed by atoms with Crippen LogP contribution < -0.4 is 21.7 Å². The number of aliphatic carboxylic acids is 3. The number of carboxylic acids is 3. The van der Waals surface area contributed by atoms with E-state index in [-0.39, 0.29) is 12.2 Å². The van der Waals surface area contributed by atoms with Gasteiger partial charge in [0.1, 0.15) is 29.9 Å². The largest absolute Gasteiger partial charge is 0.508 e. The molecule has 10 N–H and O–H groups in total. The zero-order chi connectivity index (χ0) is 26.7. The molecule has 4 unspecified atom stereocenters. The molecule has 0 fully saturated rings. The Bertz CT molecular complexity index is 951. The van der Waals surface area contributed by atoms with Crippen LogP contribution in [0.25, 0.3) is 0 Å². The van der Waals surface area contributed by atoms with Gasteiger partial charge in [0.15, 0.2) is 0 Å². The molecule has 192 valence electrons. The Morgan fingerprint density at radius 1 is 0.743 bits per heavy atom. The smallest absolute Gasteiger partial charge is 0.326 e. The molecule has 0 aliphatic rings. The minimum absolute atomic E-state index is 0.0753. The molecule has 1 aromatic carbocycles. The first-order valence-electron chi connectivity index (χ1n) is 10.1. The fraction of sp³-hybridized carbons (Fsp3) is 0.400. The van der Waals surface area contributed by atoms with Crippen LogP contribution in [-0.4, -0.2) is 91.9 Å². The summed E-state index contributed by atoms with van der Waals surface area (Å²) in [6.45, 7) is -0.746. The van der Waals surface area contributed by atoms with Gasteiger partial charge in [-0.3, -0.25) is 24.0 Å². The number of hydrogen-bond acceptors (Lipinski definition) is 9. The molecule has 0 spiro atoms. The van der Waals surface area contributed by atoms with Crippen molar-refractivity contribution in [1.82, 2.24) is 16.0 Å². The molecule has 0 aromatic heterocycles. The number of carbonyl (C=O) groups excluding carboxylic acids is 3. The summed E-state index contributed by atoms with van der Waals surface area (Å²) in [5.41, 5.74) is 5.88. The Kier molecular flexibility index (Phi) is 11.1. The summed E-state index contributed by atoms with van der Waals surface area (Å²) in [6, 6.07) is -1.08. The molecule has 15 nitrogen and oxygen atoms in total. The van der Waals surface area contributed by atoms with Crippen LogP contribution in [0.15, 0.2) is 24.3 Å². The van der Waals surface area contributed by atoms with Gasteiger partial charge in [-0.15, -0.1) is 0 Å². The van der Waals surface area contributed by atoms with Gasteiger partial charge in [0, 0.05) is 6.42 Å². The van der Waals surface area contributed by atoms with Crippen LogP contribution in [0.1, 0.15) is 18.4 Å². The molecule has 4 atom stereocenters. The molecular formula is C20H26N4O11. The molecular weight excluding hydrogens is 472 g/mol. The summed E-state index contributed by atoms with van der Waals surface area (Å²) >= 11 is 0. The van der Waals surface area contributed by atoms with Gasteiger partial charge in [0.25, 0.3) is 0 Å². The normalized spacial score (nSPS) is 14.0. The topological polar surface area (TPSA) is 266 Å². The van der Waals surface area contributed by atoms with Crippen molar-refractivity contribution in [2.75, 3.05) is 6.61 Å². The number of amides is 3. The van der Waals surface area contributed by atoms with E-state index in [2.05, 4.69) is 10.6 Å². The number of benzene rings is 1. The van der Waals surface area contributed by atoms with Gasteiger partial charge in [-0.05, 0) is 17.7 Å². The first kappa shape index (κ1) is 28.8. The monoisotopic (exact) mass is 498 g/mol. The van der Waals surface area contributed by atoms with Crippen molar-refractivity contribution in [3.63, 3.8) is 0 Å². The number of rotatable bonds is 14. The van der Waals surface area contributed by atoms with Crippen LogP contribution >= 0.6 is 0 Å². The number of nitrogens with one attached hydrogen (secondary N) is 3. The summed E-state index contributed by atoms with van der Waals surface area (Å²) in [5.74, 6) is -8.13. The van der Waals surface area contributed by atoms with Crippen LogP contribution in [0, 0.1) is 0 Å². The number of aliphatic hydroxyl groups excluding tert-OH is 1. The van der Waals surface area contributed by atoms with E-state index in [0.717, 1.165) is 0 Å². The Morgan fingerprint density at radius 3 is 1.69 bits per heavy atom. The lowest BCUT2D eigenvalue weighted by Crippen LogP contribution is -2.58. The number of nitrogens with two attached hydrogens (primary N) is 1. The van der Waals surface area contributed by atoms with Crippen molar-refractivity contribution >= 4 is 35.6 Å². The summed E-state index contributed by atoms with van der Waals surface area (Å²) in [7, 11) is 0. The summed E-state index contributed by atoms with van der Waals surface area (Å²) in [6.07, 6.45) is -2.20. The summed E-state index contributed by atoms with van der Waals surface area (Å²) < 4.78 is 0. The highest BCUT2D eigenvalue weighted by molar-refractivity contribution is 5.96. The maximum atomic E-state index is 12.9. The zero-order valence-electron chi connectivity index (χ0n) is 18.2. The molecule has 0 saturated carbocycles. The van der Waals surface area contributed by atoms with Gasteiger partial charge in [-0.1, -0.05) is 12.1 Å². The number of phenols is 1. The summed E-state index contributed by atoms with van der Waals surface area (Å²) in [4.78, 5) is 70.8. The van der Waals surface area contributed by atoms with E-state index in [1.165, 1.54) is 24.3 Å². The maximum absolute atomic E-state index is 12.9. The zero-order valence-corrected chi connectivity index (χ0v) is 18.2. The molecule has 3 amide bonds. The lowest BCUT2D eigenvalue weighted by Gasteiger charge is -2.24. The second kappa shape index (κ2) is 13.5. The highest BCUT2D eigenvalue weighted by Crippen LogP contribution is 2.12. The van der Waals surface area contributed by atoms with Gasteiger partial charge in [0.05, 0.1) is 19.4 Å². The van der Waals surface area contributed by atoms with E-state index < -0.39 is 79.2 Å². The van der Waals surface area contributed by atoms with Crippen molar-refractivity contribution in [1.29, 1.82) is 0 Å². The van der Waals surface area contributed by atoms with Crippen LogP contribution in [0.4, 0.5) is 0 Å².